The van der Waals surface area contributed by atoms with E-state index >= 15 is 0 Å². The Bertz CT molecular complexity index is 1550. The number of nitrogens with two attached hydrogens (primary N) is 1. The Morgan fingerprint density at radius 3 is 1.54 bits per heavy atom. The largest absolute Gasteiger partial charge is 0.322 e. The van der Waals surface area contributed by atoms with Gasteiger partial charge in [0.2, 0.25) is 0 Å². The molecule has 2 atom stereocenters. The van der Waals surface area contributed by atoms with E-state index in [1.54, 1.807) is 22.3 Å². The number of nitrogens with zero attached hydrogens (tertiary/aromatic N) is 1. The van der Waals surface area contributed by atoms with E-state index in [4.69, 9.17) is 5.73 Å². The van der Waals surface area contributed by atoms with Crippen LogP contribution in [0.5, 0.6) is 0 Å². The molecule has 1 heterocycles. The number of rotatable bonds is 4. The fraction of sp³-hybridized carbons (Fsp3) is 0.385. The van der Waals surface area contributed by atoms with E-state index in [1.165, 1.54) is 46.2 Å². The van der Waals surface area contributed by atoms with Gasteiger partial charge >= 0.3 is 0 Å². The van der Waals surface area contributed by atoms with Crippen molar-refractivity contribution in [2.75, 3.05) is 0 Å². The molecule has 0 aromatic heterocycles. The summed E-state index contributed by atoms with van der Waals surface area (Å²) in [6.45, 7) is 16.3. The Morgan fingerprint density at radius 1 is 0.634 bits per heavy atom. The Kier molecular flexibility index (Phi) is 5.95. The normalized spacial score (nSPS) is 21.0. The van der Waals surface area contributed by atoms with Crippen LogP contribution in [0.4, 0.5) is 0 Å². The van der Waals surface area contributed by atoms with E-state index in [0.717, 1.165) is 13.1 Å². The van der Waals surface area contributed by atoms with Crippen molar-refractivity contribution in [3.05, 3.63) is 141 Å². The van der Waals surface area contributed by atoms with Gasteiger partial charge in [0, 0.05) is 24.5 Å². The van der Waals surface area contributed by atoms with Gasteiger partial charge in [-0.3, -0.25) is 4.90 Å². The van der Waals surface area contributed by atoms with Crippen molar-refractivity contribution in [3.63, 3.8) is 0 Å². The number of hydrogen-bond donors (Lipinski definition) is 1. The molecule has 4 aromatic carbocycles. The third-order valence-corrected chi connectivity index (χ3v) is 10.4. The topological polar surface area (TPSA) is 29.3 Å². The van der Waals surface area contributed by atoms with Crippen LogP contribution in [0.15, 0.2) is 84.9 Å². The molecular formula is C39H44N2. The van der Waals surface area contributed by atoms with Crippen LogP contribution < -0.4 is 5.73 Å². The molecule has 2 aliphatic carbocycles. The van der Waals surface area contributed by atoms with Gasteiger partial charge in [0.15, 0.2) is 0 Å². The zero-order valence-electron chi connectivity index (χ0n) is 25.6. The average Bonchev–Trinajstić information content (AvgIpc) is 3.27. The molecule has 2 heteroatoms. The highest BCUT2D eigenvalue weighted by Gasteiger charge is 2.58. The van der Waals surface area contributed by atoms with Crippen LogP contribution in [0.25, 0.3) is 0 Å². The first kappa shape index (κ1) is 26.7. The molecule has 2 N–H and O–H groups in total. The van der Waals surface area contributed by atoms with Gasteiger partial charge in [0.05, 0.1) is 6.04 Å². The first-order chi connectivity index (χ1) is 19.5. The van der Waals surface area contributed by atoms with Crippen LogP contribution in [0.2, 0.25) is 0 Å². The molecule has 0 saturated carbocycles. The van der Waals surface area contributed by atoms with Crippen molar-refractivity contribution >= 4 is 0 Å². The SMILES string of the molecule is Cc1cc2c3c(c1)C(C)(C)CC31CC(C)(C)c3cc(C)cc(c31)CN(C(c1ccccc1)[C@H](N)c1ccccc1)C2. The lowest BCUT2D eigenvalue weighted by Gasteiger charge is -2.41. The van der Waals surface area contributed by atoms with Crippen LogP contribution in [-0.4, -0.2) is 4.90 Å². The fourth-order valence-electron chi connectivity index (χ4n) is 9.25. The minimum Gasteiger partial charge on any atom is -0.322 e. The van der Waals surface area contributed by atoms with Gasteiger partial charge in [-0.1, -0.05) is 124 Å². The molecule has 210 valence electrons. The highest BCUT2D eigenvalue weighted by Crippen LogP contribution is 2.65. The highest BCUT2D eigenvalue weighted by atomic mass is 15.2. The lowest BCUT2D eigenvalue weighted by atomic mass is 9.69. The van der Waals surface area contributed by atoms with Crippen molar-refractivity contribution in [1.29, 1.82) is 0 Å². The summed E-state index contributed by atoms with van der Waals surface area (Å²) in [5.41, 5.74) is 22.2. The van der Waals surface area contributed by atoms with Crippen LogP contribution in [0.1, 0.15) is 108 Å². The summed E-state index contributed by atoms with van der Waals surface area (Å²) in [7, 11) is 0. The summed E-state index contributed by atoms with van der Waals surface area (Å²) < 4.78 is 0. The monoisotopic (exact) mass is 540 g/mol. The molecule has 0 radical (unpaired) electrons. The molecule has 3 aliphatic rings. The Morgan fingerprint density at radius 2 is 1.07 bits per heavy atom. The molecule has 1 unspecified atom stereocenters. The second-order valence-corrected chi connectivity index (χ2v) is 14.6. The van der Waals surface area contributed by atoms with E-state index in [1.807, 2.05) is 0 Å². The first-order valence-electron chi connectivity index (χ1n) is 15.4. The summed E-state index contributed by atoms with van der Waals surface area (Å²) >= 11 is 0. The maximum atomic E-state index is 7.27. The molecule has 4 aromatic rings. The fourth-order valence-corrected chi connectivity index (χ4v) is 9.25. The summed E-state index contributed by atoms with van der Waals surface area (Å²) in [5, 5.41) is 0. The second-order valence-electron chi connectivity index (χ2n) is 14.6. The van der Waals surface area contributed by atoms with Gasteiger partial charge in [0.1, 0.15) is 0 Å². The summed E-state index contributed by atoms with van der Waals surface area (Å²) in [6, 6.07) is 31.6. The molecule has 2 nitrogen and oxygen atoms in total. The van der Waals surface area contributed by atoms with Gasteiger partial charge in [-0.2, -0.15) is 0 Å². The maximum absolute atomic E-state index is 7.27. The van der Waals surface area contributed by atoms with E-state index in [0.29, 0.717) is 0 Å². The average molecular weight is 541 g/mol. The molecule has 1 aliphatic heterocycles. The van der Waals surface area contributed by atoms with Gasteiger partial charge in [-0.05, 0) is 82.0 Å². The van der Waals surface area contributed by atoms with Crippen LogP contribution in [0.3, 0.4) is 0 Å². The maximum Gasteiger partial charge on any atom is 0.0548 e. The van der Waals surface area contributed by atoms with E-state index in [9.17, 15) is 0 Å². The van der Waals surface area contributed by atoms with Gasteiger partial charge in [-0.25, -0.2) is 0 Å². The van der Waals surface area contributed by atoms with Crippen molar-refractivity contribution in [3.8, 4) is 0 Å². The van der Waals surface area contributed by atoms with E-state index < -0.39 is 0 Å². The zero-order chi connectivity index (χ0) is 28.7. The molecule has 1 spiro atoms. The summed E-state index contributed by atoms with van der Waals surface area (Å²) in [6.07, 6.45) is 2.37. The Hall–Kier alpha value is -3.20. The molecule has 41 heavy (non-hydrogen) atoms. The molecule has 0 amide bonds. The van der Waals surface area contributed by atoms with Gasteiger partial charge in [-0.15, -0.1) is 0 Å². The molecular weight excluding hydrogens is 496 g/mol. The lowest BCUT2D eigenvalue weighted by Crippen LogP contribution is -2.39. The predicted molar refractivity (Wildman–Crippen MR) is 170 cm³/mol. The molecule has 0 saturated heterocycles. The van der Waals surface area contributed by atoms with Crippen molar-refractivity contribution in [2.24, 2.45) is 5.73 Å². The van der Waals surface area contributed by atoms with Crippen LogP contribution in [-0.2, 0) is 29.3 Å². The summed E-state index contributed by atoms with van der Waals surface area (Å²) in [5.74, 6) is 0. The summed E-state index contributed by atoms with van der Waals surface area (Å²) in [4.78, 5) is 2.69. The molecule has 0 bridgehead atoms. The minimum absolute atomic E-state index is 0.0438. The standard InChI is InChI=1S/C39H44N2/c1-25-17-29-21-41(36(28-15-11-8-12-16-28)35(40)27-13-9-7-10-14-27)22-30-18-26(2)20-32-34(30)39(24-38(32,5)6)23-37(3,4)31(19-25)33(29)39/h7-20,35-36H,21-24,40H2,1-6H3/t35-,36?,39?/m1/s1. The Balaban J connectivity index is 1.51. The first-order valence-corrected chi connectivity index (χ1v) is 15.4. The van der Waals surface area contributed by atoms with E-state index in [2.05, 4.69) is 131 Å². The minimum atomic E-state index is -0.147. The van der Waals surface area contributed by atoms with Crippen LogP contribution >= 0.6 is 0 Å². The molecule has 7 rings (SSSR count). The van der Waals surface area contributed by atoms with Crippen molar-refractivity contribution in [1.82, 2.24) is 4.90 Å². The van der Waals surface area contributed by atoms with E-state index in [-0.39, 0.29) is 28.3 Å². The Labute approximate surface area is 246 Å². The zero-order valence-corrected chi connectivity index (χ0v) is 25.6. The third-order valence-electron chi connectivity index (χ3n) is 10.4. The number of aryl methyl sites for hydroxylation is 2. The van der Waals surface area contributed by atoms with Crippen molar-refractivity contribution < 1.29 is 0 Å². The van der Waals surface area contributed by atoms with Crippen LogP contribution in [0, 0.1) is 13.8 Å². The van der Waals surface area contributed by atoms with Crippen molar-refractivity contribution in [2.45, 2.75) is 95.8 Å². The number of benzene rings is 4. The smallest absolute Gasteiger partial charge is 0.0548 e. The lowest BCUT2D eigenvalue weighted by molar-refractivity contribution is 0.149. The van der Waals surface area contributed by atoms with Gasteiger partial charge < -0.3 is 5.73 Å². The quantitative estimate of drug-likeness (QED) is 0.280. The second kappa shape index (κ2) is 9.15. The predicted octanol–water partition coefficient (Wildman–Crippen LogP) is 8.71. The number of hydrogen-bond acceptors (Lipinski definition) is 2. The third kappa shape index (κ3) is 4.06. The van der Waals surface area contributed by atoms with Gasteiger partial charge in [0.25, 0.3) is 0 Å². The molecule has 0 fully saturated rings. The highest BCUT2D eigenvalue weighted by molar-refractivity contribution is 5.65.